The molecular formula is C14H17MnN12. The molecule has 13 heteroatoms. The topological polar surface area (TPSA) is 205 Å². The summed E-state index contributed by atoms with van der Waals surface area (Å²) in [5.41, 5.74) is 42.7. The molecule has 2 aromatic heterocycles. The van der Waals surface area contributed by atoms with Crippen molar-refractivity contribution in [1.29, 1.82) is 0 Å². The minimum absolute atomic E-state index is 0. The number of rotatable bonds is 5. The molecule has 0 atom stereocenters. The Bertz CT molecular complexity index is 606. The van der Waals surface area contributed by atoms with E-state index in [4.69, 9.17) is 33.2 Å². The fourth-order valence-corrected chi connectivity index (χ4v) is 1.72. The maximum absolute atomic E-state index is 6.75. The van der Waals surface area contributed by atoms with Crippen molar-refractivity contribution < 1.29 is 17.1 Å². The van der Waals surface area contributed by atoms with E-state index in [-0.39, 0.29) is 17.1 Å². The van der Waals surface area contributed by atoms with Crippen molar-refractivity contribution in [2.75, 3.05) is 6.54 Å². The molecule has 12 nitrogen and oxygen atoms in total. The second-order valence-electron chi connectivity index (χ2n) is 4.21. The van der Waals surface area contributed by atoms with E-state index in [1.165, 1.54) is 14.7 Å². The average molecular weight is 408 g/mol. The van der Waals surface area contributed by atoms with Crippen LogP contribution in [0.15, 0.2) is 48.8 Å². The number of nitrogens with zero attached hydrogens (tertiary/aromatic N) is 12. The molecule has 140 valence electrons. The molecular weight excluding hydrogens is 391 g/mol. The SMILES string of the molecule is CCN(Cc1ccccn1)Cc1ccccn1.[Mn+3].[N-]=[N+]=[N-].[N-]=[N+]=[N-].[N-]=[N+]=[N-]. The van der Waals surface area contributed by atoms with Gasteiger partial charge in [0.25, 0.3) is 0 Å². The third-order valence-corrected chi connectivity index (χ3v) is 2.67. The summed E-state index contributed by atoms with van der Waals surface area (Å²) < 4.78 is 0. The third-order valence-electron chi connectivity index (χ3n) is 2.67. The molecule has 0 aliphatic rings. The van der Waals surface area contributed by atoms with E-state index < -0.39 is 0 Å². The molecule has 0 saturated heterocycles. The Kier molecular flexibility index (Phi) is 24.0. The van der Waals surface area contributed by atoms with Gasteiger partial charge in [0.1, 0.15) is 0 Å². The molecule has 0 unspecified atom stereocenters. The Morgan fingerprint density at radius 1 is 0.741 bits per heavy atom. The first kappa shape index (κ1) is 28.5. The zero-order valence-electron chi connectivity index (χ0n) is 14.5. The Balaban J connectivity index is -0.000000492. The fraction of sp³-hybridized carbons (Fsp3) is 0.286. The molecule has 0 aliphatic heterocycles. The number of hydrogen-bond acceptors (Lipinski definition) is 3. The second-order valence-corrected chi connectivity index (χ2v) is 4.21. The average Bonchev–Trinajstić information content (AvgIpc) is 2.65. The summed E-state index contributed by atoms with van der Waals surface area (Å²) in [4.78, 5) is 15.5. The molecule has 0 spiro atoms. The first-order valence-corrected chi connectivity index (χ1v) is 7.10. The molecule has 0 N–H and O–H groups in total. The quantitative estimate of drug-likeness (QED) is 0.287. The summed E-state index contributed by atoms with van der Waals surface area (Å²) in [5.74, 6) is 0. The predicted octanol–water partition coefficient (Wildman–Crippen LogP) is 5.09. The Labute approximate surface area is 167 Å². The molecule has 0 bridgehead atoms. The fourth-order valence-electron chi connectivity index (χ4n) is 1.72. The van der Waals surface area contributed by atoms with Crippen molar-refractivity contribution in [3.05, 3.63) is 108 Å². The van der Waals surface area contributed by atoms with E-state index in [2.05, 4.69) is 33.9 Å². The van der Waals surface area contributed by atoms with Crippen molar-refractivity contribution >= 4 is 0 Å². The Morgan fingerprint density at radius 3 is 1.30 bits per heavy atom. The van der Waals surface area contributed by atoms with Crippen LogP contribution >= 0.6 is 0 Å². The molecule has 27 heavy (non-hydrogen) atoms. The predicted molar refractivity (Wildman–Crippen MR) is 98.5 cm³/mol. The standard InChI is InChI=1S/C14H17N3.Mn.3N3/c1-2-17(11-13-7-3-5-9-15-13)12-14-8-4-6-10-16-14;;3*1-3-2/h3-10H,2,11-12H2,1H3;;;;/q;+3;3*-1. The van der Waals surface area contributed by atoms with Crippen LogP contribution in [0.4, 0.5) is 0 Å². The van der Waals surface area contributed by atoms with Crippen molar-refractivity contribution in [3.63, 3.8) is 0 Å². The van der Waals surface area contributed by atoms with Gasteiger partial charge in [-0.25, -0.2) is 0 Å². The van der Waals surface area contributed by atoms with Gasteiger partial charge in [-0.3, -0.25) is 29.6 Å². The van der Waals surface area contributed by atoms with Crippen LogP contribution in [0.2, 0.25) is 0 Å². The summed E-state index contributed by atoms with van der Waals surface area (Å²) in [6.45, 7) is 4.89. The third kappa shape index (κ3) is 18.9. The minimum atomic E-state index is 0. The number of hydrogen-bond donors (Lipinski definition) is 0. The van der Waals surface area contributed by atoms with Crippen LogP contribution in [0.3, 0.4) is 0 Å². The summed E-state index contributed by atoms with van der Waals surface area (Å²) in [6, 6.07) is 12.0. The first-order valence-electron chi connectivity index (χ1n) is 7.10. The van der Waals surface area contributed by atoms with Crippen molar-refractivity contribution in [2.45, 2.75) is 20.0 Å². The Morgan fingerprint density at radius 2 is 1.07 bits per heavy atom. The molecule has 0 saturated carbocycles. The second kappa shape index (κ2) is 22.7. The van der Waals surface area contributed by atoms with Gasteiger partial charge in [-0.05, 0) is 30.8 Å². The largest absolute Gasteiger partial charge is 3.00 e. The van der Waals surface area contributed by atoms with E-state index in [0.29, 0.717) is 0 Å². The molecule has 0 aliphatic carbocycles. The van der Waals surface area contributed by atoms with Crippen LogP contribution in [0, 0.1) is 0 Å². The van der Waals surface area contributed by atoms with Crippen LogP contribution in [0.5, 0.6) is 0 Å². The van der Waals surface area contributed by atoms with E-state index in [0.717, 1.165) is 31.0 Å². The minimum Gasteiger partial charge on any atom is -0.373 e. The molecule has 0 aromatic carbocycles. The maximum atomic E-state index is 6.75. The van der Waals surface area contributed by atoms with Gasteiger partial charge in [0.2, 0.25) is 0 Å². The molecule has 2 rings (SSSR count). The molecule has 2 aromatic rings. The number of aromatic nitrogens is 2. The normalized spacial score (nSPS) is 7.63. The van der Waals surface area contributed by atoms with Crippen LogP contribution in [0.25, 0.3) is 47.9 Å². The summed E-state index contributed by atoms with van der Waals surface area (Å²) in [5, 5.41) is 0. The van der Waals surface area contributed by atoms with E-state index >= 15 is 0 Å². The van der Waals surface area contributed by atoms with Gasteiger partial charge >= 0.3 is 17.1 Å². The van der Waals surface area contributed by atoms with E-state index in [1.807, 2.05) is 36.7 Å². The summed E-state index contributed by atoms with van der Waals surface area (Å²) in [6.07, 6.45) is 3.67. The van der Waals surface area contributed by atoms with Gasteiger partial charge in [-0.1, -0.05) is 19.1 Å². The zero-order chi connectivity index (χ0) is 20.0. The van der Waals surface area contributed by atoms with Crippen molar-refractivity contribution in [3.8, 4) is 0 Å². The van der Waals surface area contributed by atoms with Crippen LogP contribution < -0.4 is 0 Å². The van der Waals surface area contributed by atoms with Gasteiger partial charge < -0.3 is 33.2 Å². The monoisotopic (exact) mass is 408 g/mol. The number of pyridine rings is 2. The smallest absolute Gasteiger partial charge is 0.373 e. The van der Waals surface area contributed by atoms with Gasteiger partial charge in [0.05, 0.1) is 11.4 Å². The zero-order valence-corrected chi connectivity index (χ0v) is 15.7. The Hall–Kier alpha value is -3.29. The van der Waals surface area contributed by atoms with Crippen molar-refractivity contribution in [1.82, 2.24) is 14.9 Å². The van der Waals surface area contributed by atoms with Gasteiger partial charge in [0.15, 0.2) is 0 Å². The first-order chi connectivity index (χ1) is 12.6. The molecule has 0 fully saturated rings. The molecule has 0 amide bonds. The van der Waals surface area contributed by atoms with Gasteiger partial charge in [-0.15, -0.1) is 0 Å². The summed E-state index contributed by atoms with van der Waals surface area (Å²) >= 11 is 0. The van der Waals surface area contributed by atoms with Crippen molar-refractivity contribution in [2.24, 2.45) is 0 Å². The molecule has 0 radical (unpaired) electrons. The van der Waals surface area contributed by atoms with Crippen LogP contribution in [-0.2, 0) is 30.2 Å². The van der Waals surface area contributed by atoms with E-state index in [1.54, 1.807) is 0 Å². The van der Waals surface area contributed by atoms with Gasteiger partial charge in [0, 0.05) is 25.5 Å². The molecule has 2 heterocycles. The van der Waals surface area contributed by atoms with Crippen LogP contribution in [-0.4, -0.2) is 21.4 Å². The van der Waals surface area contributed by atoms with Crippen LogP contribution in [0.1, 0.15) is 18.3 Å². The summed E-state index contributed by atoms with van der Waals surface area (Å²) in [7, 11) is 0. The maximum Gasteiger partial charge on any atom is 3.00 e. The van der Waals surface area contributed by atoms with E-state index in [9.17, 15) is 0 Å². The van der Waals surface area contributed by atoms with Gasteiger partial charge in [-0.2, -0.15) is 0 Å².